The summed E-state index contributed by atoms with van der Waals surface area (Å²) in [5.74, 6) is 0. The molecule has 0 bridgehead atoms. The van der Waals surface area contributed by atoms with Crippen molar-refractivity contribution in [3.63, 3.8) is 0 Å². The van der Waals surface area contributed by atoms with Crippen LogP contribution in [0.4, 0.5) is 0 Å². The van der Waals surface area contributed by atoms with Crippen molar-refractivity contribution >= 4 is 37.7 Å². The highest BCUT2D eigenvalue weighted by Gasteiger charge is 2.41. The minimum absolute atomic E-state index is 0.00693. The Morgan fingerprint density at radius 3 is 2.52 bits per heavy atom. The van der Waals surface area contributed by atoms with Crippen molar-refractivity contribution in [1.82, 2.24) is 4.31 Å². The number of nitrogens with zero attached hydrogens (tertiary/aromatic N) is 1. The van der Waals surface area contributed by atoms with E-state index in [0.717, 1.165) is 23.6 Å². The molecule has 5 nitrogen and oxygen atoms in total. The second-order valence-corrected chi connectivity index (χ2v) is 11.7. The SMILES string of the molecule is CC(=O)S[C@@H]1C[C@@H](COCCCc2ccccc2)N(S(=O)(=O)c2ccc3ccccc3c2)C1. The summed E-state index contributed by atoms with van der Waals surface area (Å²) in [7, 11) is -3.71. The van der Waals surface area contributed by atoms with E-state index in [2.05, 4.69) is 12.1 Å². The second kappa shape index (κ2) is 10.8. The van der Waals surface area contributed by atoms with Gasteiger partial charge in [-0.3, -0.25) is 4.79 Å². The largest absolute Gasteiger partial charge is 0.380 e. The Morgan fingerprint density at radius 1 is 1.03 bits per heavy atom. The van der Waals surface area contributed by atoms with Gasteiger partial charge in [0.25, 0.3) is 0 Å². The number of sulfonamides is 1. The van der Waals surface area contributed by atoms with Gasteiger partial charge < -0.3 is 4.74 Å². The minimum atomic E-state index is -3.71. The number of carbonyl (C=O) groups is 1. The Bertz CT molecular complexity index is 1200. The fourth-order valence-corrected chi connectivity index (χ4v) is 7.14. The van der Waals surface area contributed by atoms with Crippen LogP contribution in [-0.2, 0) is 26.0 Å². The van der Waals surface area contributed by atoms with Crippen molar-refractivity contribution in [2.75, 3.05) is 19.8 Å². The first-order valence-corrected chi connectivity index (χ1v) is 13.5. The molecule has 0 unspecified atom stereocenters. The predicted octanol–water partition coefficient (Wildman–Crippen LogP) is 4.90. The van der Waals surface area contributed by atoms with Gasteiger partial charge in [0.2, 0.25) is 10.0 Å². The van der Waals surface area contributed by atoms with E-state index >= 15 is 0 Å². The van der Waals surface area contributed by atoms with Crippen LogP contribution >= 0.6 is 11.8 Å². The van der Waals surface area contributed by atoms with Crippen LogP contribution in [-0.4, -0.2) is 48.9 Å². The van der Waals surface area contributed by atoms with Crippen LogP contribution in [0.1, 0.15) is 25.3 Å². The van der Waals surface area contributed by atoms with Gasteiger partial charge >= 0.3 is 0 Å². The summed E-state index contributed by atoms with van der Waals surface area (Å²) in [5, 5.41) is 1.84. The molecule has 4 rings (SSSR count). The molecule has 174 valence electrons. The third-order valence-electron chi connectivity index (χ3n) is 5.89. The van der Waals surface area contributed by atoms with E-state index in [9.17, 15) is 13.2 Å². The lowest BCUT2D eigenvalue weighted by Gasteiger charge is -2.24. The molecule has 1 saturated heterocycles. The Balaban J connectivity index is 1.44. The van der Waals surface area contributed by atoms with E-state index in [4.69, 9.17) is 4.74 Å². The molecule has 0 N–H and O–H groups in total. The summed E-state index contributed by atoms with van der Waals surface area (Å²) in [6, 6.07) is 22.9. The summed E-state index contributed by atoms with van der Waals surface area (Å²) < 4.78 is 34.6. The quantitative estimate of drug-likeness (QED) is 0.405. The normalized spacial score (nSPS) is 19.2. The molecular formula is C26H29NO4S2. The zero-order chi connectivity index (χ0) is 23.3. The van der Waals surface area contributed by atoms with Crippen molar-refractivity contribution in [2.45, 2.75) is 42.4 Å². The molecule has 33 heavy (non-hydrogen) atoms. The maximum atomic E-state index is 13.6. The van der Waals surface area contributed by atoms with Gasteiger partial charge in [-0.1, -0.05) is 72.4 Å². The molecule has 0 aromatic heterocycles. The minimum Gasteiger partial charge on any atom is -0.380 e. The molecule has 3 aromatic rings. The summed E-state index contributed by atoms with van der Waals surface area (Å²) in [6.45, 7) is 2.74. The highest BCUT2D eigenvalue weighted by Crippen LogP contribution is 2.33. The van der Waals surface area contributed by atoms with Gasteiger partial charge in [-0.15, -0.1) is 0 Å². The van der Waals surface area contributed by atoms with Gasteiger partial charge in [0, 0.05) is 31.4 Å². The molecular weight excluding hydrogens is 454 g/mol. The van der Waals surface area contributed by atoms with Crippen molar-refractivity contribution in [3.05, 3.63) is 78.4 Å². The van der Waals surface area contributed by atoms with Crippen LogP contribution < -0.4 is 0 Å². The first-order chi connectivity index (χ1) is 15.9. The maximum absolute atomic E-state index is 13.6. The molecule has 1 fully saturated rings. The maximum Gasteiger partial charge on any atom is 0.243 e. The molecule has 3 aromatic carbocycles. The van der Waals surface area contributed by atoms with Gasteiger partial charge in [-0.2, -0.15) is 4.31 Å². The van der Waals surface area contributed by atoms with E-state index in [1.165, 1.54) is 28.6 Å². The Hall–Kier alpha value is -2.19. The highest BCUT2D eigenvalue weighted by atomic mass is 32.2. The van der Waals surface area contributed by atoms with E-state index in [1.807, 2.05) is 48.5 Å². The third kappa shape index (κ3) is 6.03. The predicted molar refractivity (Wildman–Crippen MR) is 134 cm³/mol. The van der Waals surface area contributed by atoms with E-state index in [0.29, 0.717) is 26.2 Å². The van der Waals surface area contributed by atoms with Crippen molar-refractivity contribution in [3.8, 4) is 0 Å². The average Bonchev–Trinajstić information content (AvgIpc) is 3.22. The standard InChI is InChI=1S/C26H29NO4S2/c1-20(28)32-25-17-24(19-31-15-7-10-21-8-3-2-4-9-21)27(18-25)33(29,30)26-14-13-22-11-5-6-12-23(22)16-26/h2-6,8-9,11-14,16,24-25H,7,10,15,17-19H2,1H3/t24-,25+/m0/s1. The Kier molecular flexibility index (Phi) is 7.86. The van der Waals surface area contributed by atoms with Gasteiger partial charge in [0.05, 0.1) is 11.5 Å². The fourth-order valence-electron chi connectivity index (χ4n) is 4.32. The first-order valence-electron chi connectivity index (χ1n) is 11.2. The number of thioether (sulfide) groups is 1. The number of carbonyl (C=O) groups excluding carboxylic acids is 1. The monoisotopic (exact) mass is 483 g/mol. The number of ether oxygens (including phenoxy) is 1. The number of hydrogen-bond donors (Lipinski definition) is 0. The molecule has 0 spiro atoms. The average molecular weight is 484 g/mol. The van der Waals surface area contributed by atoms with Crippen LogP contribution in [0.2, 0.25) is 0 Å². The van der Waals surface area contributed by atoms with Gasteiger partial charge in [0.1, 0.15) is 0 Å². The van der Waals surface area contributed by atoms with E-state index in [-0.39, 0.29) is 21.3 Å². The lowest BCUT2D eigenvalue weighted by molar-refractivity contribution is -0.109. The first kappa shape index (κ1) is 24.0. The van der Waals surface area contributed by atoms with Crippen LogP contribution in [0.15, 0.2) is 77.7 Å². The summed E-state index contributed by atoms with van der Waals surface area (Å²) in [6.07, 6.45) is 2.41. The Morgan fingerprint density at radius 2 is 1.76 bits per heavy atom. The van der Waals surface area contributed by atoms with Crippen molar-refractivity contribution in [2.24, 2.45) is 0 Å². The zero-order valence-corrected chi connectivity index (χ0v) is 20.4. The summed E-state index contributed by atoms with van der Waals surface area (Å²) >= 11 is 1.22. The van der Waals surface area contributed by atoms with E-state index < -0.39 is 10.0 Å². The number of benzene rings is 3. The van der Waals surface area contributed by atoms with Crippen molar-refractivity contribution < 1.29 is 17.9 Å². The Labute approximate surface area is 200 Å². The third-order valence-corrected chi connectivity index (χ3v) is 8.81. The number of hydrogen-bond acceptors (Lipinski definition) is 5. The molecule has 7 heteroatoms. The number of rotatable bonds is 9. The van der Waals surface area contributed by atoms with Gasteiger partial charge in [-0.05, 0) is 47.7 Å². The molecule has 0 saturated carbocycles. The zero-order valence-electron chi connectivity index (χ0n) is 18.7. The number of aryl methyl sites for hydroxylation is 1. The van der Waals surface area contributed by atoms with E-state index in [1.54, 1.807) is 12.1 Å². The van der Waals surface area contributed by atoms with Crippen LogP contribution in [0, 0.1) is 0 Å². The molecule has 1 heterocycles. The summed E-state index contributed by atoms with van der Waals surface area (Å²) in [4.78, 5) is 12.0. The van der Waals surface area contributed by atoms with Gasteiger partial charge in [0.15, 0.2) is 5.12 Å². The van der Waals surface area contributed by atoms with Crippen LogP contribution in [0.25, 0.3) is 10.8 Å². The lowest BCUT2D eigenvalue weighted by atomic mass is 10.1. The van der Waals surface area contributed by atoms with Crippen molar-refractivity contribution in [1.29, 1.82) is 0 Å². The molecule has 0 radical (unpaired) electrons. The summed E-state index contributed by atoms with van der Waals surface area (Å²) in [5.41, 5.74) is 1.26. The molecule has 2 atom stereocenters. The van der Waals surface area contributed by atoms with Gasteiger partial charge in [-0.25, -0.2) is 8.42 Å². The topological polar surface area (TPSA) is 63.7 Å². The second-order valence-electron chi connectivity index (χ2n) is 8.37. The number of fused-ring (bicyclic) bond motifs is 1. The molecule has 0 amide bonds. The highest BCUT2D eigenvalue weighted by molar-refractivity contribution is 8.14. The fraction of sp³-hybridized carbons (Fsp3) is 0.346. The van der Waals surface area contributed by atoms with Crippen LogP contribution in [0.5, 0.6) is 0 Å². The lowest BCUT2D eigenvalue weighted by Crippen LogP contribution is -2.38. The van der Waals surface area contributed by atoms with Crippen LogP contribution in [0.3, 0.4) is 0 Å². The smallest absolute Gasteiger partial charge is 0.243 e. The molecule has 1 aliphatic heterocycles. The molecule has 0 aliphatic carbocycles. The molecule has 1 aliphatic rings.